The number of amides is 1. The number of nitrogens with zero attached hydrogens (tertiary/aromatic N) is 1. The summed E-state index contributed by atoms with van der Waals surface area (Å²) in [5.74, 6) is -0.0893. The molecule has 2 rings (SSSR count). The molecular formula is C15H20Cl2N2O. The molecular weight excluding hydrogens is 295 g/mol. The van der Waals surface area contributed by atoms with Gasteiger partial charge in [-0.1, -0.05) is 29.3 Å². The van der Waals surface area contributed by atoms with Crippen LogP contribution in [-0.2, 0) is 0 Å². The van der Waals surface area contributed by atoms with Gasteiger partial charge in [-0.2, -0.15) is 0 Å². The molecule has 0 unspecified atom stereocenters. The van der Waals surface area contributed by atoms with Crippen LogP contribution in [-0.4, -0.2) is 37.0 Å². The first kappa shape index (κ1) is 15.6. The van der Waals surface area contributed by atoms with Crippen LogP contribution in [0.3, 0.4) is 0 Å². The summed E-state index contributed by atoms with van der Waals surface area (Å²) in [5, 5.41) is 4.13. The molecule has 1 aromatic carbocycles. The summed E-state index contributed by atoms with van der Waals surface area (Å²) in [5.41, 5.74) is 0.411. The summed E-state index contributed by atoms with van der Waals surface area (Å²) in [6.07, 6.45) is 4.20. The number of benzene rings is 1. The molecule has 20 heavy (non-hydrogen) atoms. The number of carbonyl (C=O) groups is 1. The number of nitrogens with one attached hydrogen (secondary N) is 1. The minimum absolute atomic E-state index is 0.0893. The van der Waals surface area contributed by atoms with Gasteiger partial charge in [-0.3, -0.25) is 4.79 Å². The van der Waals surface area contributed by atoms with Crippen LogP contribution in [0.1, 0.15) is 36.0 Å². The summed E-state index contributed by atoms with van der Waals surface area (Å²) in [7, 11) is 3.83. The van der Waals surface area contributed by atoms with Crippen molar-refractivity contribution in [3.05, 3.63) is 33.8 Å². The average Bonchev–Trinajstić information content (AvgIpc) is 2.46. The molecule has 0 aliphatic heterocycles. The lowest BCUT2D eigenvalue weighted by Gasteiger charge is -2.34. The Morgan fingerprint density at radius 1 is 1.20 bits per heavy atom. The summed E-state index contributed by atoms with van der Waals surface area (Å²) >= 11 is 12.2. The van der Waals surface area contributed by atoms with Crippen molar-refractivity contribution in [1.29, 1.82) is 0 Å². The average molecular weight is 315 g/mol. The third-order valence-electron chi connectivity index (χ3n) is 4.15. The topological polar surface area (TPSA) is 32.3 Å². The zero-order chi connectivity index (χ0) is 14.7. The quantitative estimate of drug-likeness (QED) is 0.924. The number of hydrogen-bond acceptors (Lipinski definition) is 2. The van der Waals surface area contributed by atoms with Gasteiger partial charge in [-0.05, 0) is 44.9 Å². The monoisotopic (exact) mass is 314 g/mol. The molecule has 0 spiro atoms. The maximum absolute atomic E-state index is 12.6. The molecule has 110 valence electrons. The molecule has 0 atom stereocenters. The van der Waals surface area contributed by atoms with Crippen molar-refractivity contribution in [1.82, 2.24) is 10.2 Å². The van der Waals surface area contributed by atoms with Crippen molar-refractivity contribution < 1.29 is 4.79 Å². The van der Waals surface area contributed by atoms with Crippen LogP contribution >= 0.6 is 23.2 Å². The molecule has 1 aromatic rings. The van der Waals surface area contributed by atoms with Crippen molar-refractivity contribution in [2.45, 2.75) is 37.8 Å². The van der Waals surface area contributed by atoms with E-state index in [0.29, 0.717) is 21.7 Å². The van der Waals surface area contributed by atoms with Gasteiger partial charge >= 0.3 is 0 Å². The number of rotatable bonds is 3. The SMILES string of the molecule is CNC1CCC(N(C)C(=O)c2c(Cl)cccc2Cl)CC1. The minimum Gasteiger partial charge on any atom is -0.339 e. The molecule has 3 nitrogen and oxygen atoms in total. The minimum atomic E-state index is -0.0893. The van der Waals surface area contributed by atoms with Gasteiger partial charge in [0.2, 0.25) is 0 Å². The Morgan fingerprint density at radius 2 is 1.75 bits per heavy atom. The molecule has 1 fully saturated rings. The Balaban J connectivity index is 2.10. The van der Waals surface area contributed by atoms with Gasteiger partial charge in [0, 0.05) is 19.1 Å². The summed E-state index contributed by atoms with van der Waals surface area (Å²) < 4.78 is 0. The van der Waals surface area contributed by atoms with Gasteiger partial charge in [0.15, 0.2) is 0 Å². The highest BCUT2D eigenvalue weighted by atomic mass is 35.5. The summed E-state index contributed by atoms with van der Waals surface area (Å²) in [6, 6.07) is 5.98. The van der Waals surface area contributed by atoms with E-state index in [1.165, 1.54) is 0 Å². The highest BCUT2D eigenvalue weighted by Crippen LogP contribution is 2.28. The maximum atomic E-state index is 12.6. The smallest absolute Gasteiger partial charge is 0.256 e. The van der Waals surface area contributed by atoms with Crippen molar-refractivity contribution in [3.8, 4) is 0 Å². The van der Waals surface area contributed by atoms with Crippen LogP contribution in [0.15, 0.2) is 18.2 Å². The van der Waals surface area contributed by atoms with Gasteiger partial charge in [0.1, 0.15) is 0 Å². The molecule has 5 heteroatoms. The van der Waals surface area contributed by atoms with Gasteiger partial charge in [-0.15, -0.1) is 0 Å². The number of carbonyl (C=O) groups excluding carboxylic acids is 1. The van der Waals surface area contributed by atoms with E-state index in [0.717, 1.165) is 25.7 Å². The standard InChI is InChI=1S/C15H20Cl2N2O/c1-18-10-6-8-11(9-7-10)19(2)15(20)14-12(16)4-3-5-13(14)17/h3-5,10-11,18H,6-9H2,1-2H3. The van der Waals surface area contributed by atoms with Crippen LogP contribution in [0.5, 0.6) is 0 Å². The van der Waals surface area contributed by atoms with Gasteiger partial charge in [-0.25, -0.2) is 0 Å². The Labute approximate surface area is 130 Å². The zero-order valence-corrected chi connectivity index (χ0v) is 13.3. The molecule has 0 saturated heterocycles. The molecule has 0 radical (unpaired) electrons. The van der Waals surface area contributed by atoms with E-state index in [2.05, 4.69) is 5.32 Å². The normalized spacial score (nSPS) is 22.6. The Morgan fingerprint density at radius 3 is 2.25 bits per heavy atom. The Bertz CT molecular complexity index is 465. The molecule has 1 amide bonds. The van der Waals surface area contributed by atoms with Gasteiger partial charge in [0.25, 0.3) is 5.91 Å². The molecule has 0 heterocycles. The highest BCUT2D eigenvalue weighted by molar-refractivity contribution is 6.39. The third kappa shape index (κ3) is 3.27. The fraction of sp³-hybridized carbons (Fsp3) is 0.533. The van der Waals surface area contributed by atoms with E-state index < -0.39 is 0 Å². The molecule has 1 N–H and O–H groups in total. The van der Waals surface area contributed by atoms with Gasteiger partial charge in [0.05, 0.1) is 15.6 Å². The molecule has 0 bridgehead atoms. The maximum Gasteiger partial charge on any atom is 0.256 e. The first-order valence-electron chi connectivity index (χ1n) is 6.93. The van der Waals surface area contributed by atoms with Crippen molar-refractivity contribution in [2.24, 2.45) is 0 Å². The van der Waals surface area contributed by atoms with E-state index in [4.69, 9.17) is 23.2 Å². The fourth-order valence-corrected chi connectivity index (χ4v) is 3.36. The Kier molecular flexibility index (Phi) is 5.30. The predicted molar refractivity (Wildman–Crippen MR) is 83.7 cm³/mol. The van der Waals surface area contributed by atoms with Crippen molar-refractivity contribution in [2.75, 3.05) is 14.1 Å². The van der Waals surface area contributed by atoms with Gasteiger partial charge < -0.3 is 10.2 Å². The molecule has 1 aliphatic carbocycles. The third-order valence-corrected chi connectivity index (χ3v) is 4.78. The van der Waals surface area contributed by atoms with Crippen molar-refractivity contribution >= 4 is 29.1 Å². The van der Waals surface area contributed by atoms with Crippen LogP contribution in [0, 0.1) is 0 Å². The summed E-state index contributed by atoms with van der Waals surface area (Å²) in [6.45, 7) is 0. The number of hydrogen-bond donors (Lipinski definition) is 1. The molecule has 0 aromatic heterocycles. The lowest BCUT2D eigenvalue weighted by atomic mass is 9.90. The predicted octanol–water partition coefficient (Wildman–Crippen LogP) is 3.60. The molecule has 1 aliphatic rings. The Hall–Kier alpha value is -0.770. The first-order valence-corrected chi connectivity index (χ1v) is 7.68. The van der Waals surface area contributed by atoms with Crippen LogP contribution in [0.2, 0.25) is 10.0 Å². The second-order valence-electron chi connectivity index (χ2n) is 5.31. The van der Waals surface area contributed by atoms with E-state index in [-0.39, 0.29) is 11.9 Å². The second kappa shape index (κ2) is 6.79. The molecule has 1 saturated carbocycles. The van der Waals surface area contributed by atoms with E-state index in [1.807, 2.05) is 14.1 Å². The lowest BCUT2D eigenvalue weighted by molar-refractivity contribution is 0.0686. The number of halogens is 2. The fourth-order valence-electron chi connectivity index (χ4n) is 2.80. The van der Waals surface area contributed by atoms with Crippen molar-refractivity contribution in [3.63, 3.8) is 0 Å². The van der Waals surface area contributed by atoms with Crippen LogP contribution in [0.25, 0.3) is 0 Å². The largest absolute Gasteiger partial charge is 0.339 e. The highest BCUT2D eigenvalue weighted by Gasteiger charge is 2.28. The van der Waals surface area contributed by atoms with Crippen LogP contribution in [0.4, 0.5) is 0 Å². The second-order valence-corrected chi connectivity index (χ2v) is 6.12. The van der Waals surface area contributed by atoms with Crippen LogP contribution < -0.4 is 5.32 Å². The van der Waals surface area contributed by atoms with E-state index in [1.54, 1.807) is 23.1 Å². The first-order chi connectivity index (χ1) is 9.54. The summed E-state index contributed by atoms with van der Waals surface area (Å²) in [4.78, 5) is 14.4. The van der Waals surface area contributed by atoms with E-state index >= 15 is 0 Å². The zero-order valence-electron chi connectivity index (χ0n) is 11.8. The van der Waals surface area contributed by atoms with E-state index in [9.17, 15) is 4.79 Å². The lowest BCUT2D eigenvalue weighted by Crippen LogP contribution is -2.42.